The number of fused-ring (bicyclic) bond motifs is 3. The summed E-state index contributed by atoms with van der Waals surface area (Å²) in [5.41, 5.74) is 16.0. The topological polar surface area (TPSA) is 25.8 Å². The van der Waals surface area contributed by atoms with E-state index in [-0.39, 0.29) is 0 Å². The maximum Gasteiger partial charge on any atom is 0.0964 e. The third kappa shape index (κ3) is 5.15. The lowest BCUT2D eigenvalue weighted by atomic mass is 9.65. The molecule has 0 unspecified atom stereocenters. The van der Waals surface area contributed by atoms with E-state index in [2.05, 4.69) is 176 Å². The van der Waals surface area contributed by atoms with Gasteiger partial charge in [-0.05, 0) is 67.8 Å². The van der Waals surface area contributed by atoms with E-state index in [4.69, 9.17) is 9.97 Å². The Labute approximate surface area is 292 Å². The van der Waals surface area contributed by atoms with E-state index < -0.39 is 0 Å². The highest BCUT2D eigenvalue weighted by Crippen LogP contribution is 2.58. The van der Waals surface area contributed by atoms with Crippen molar-refractivity contribution in [1.82, 2.24) is 9.97 Å². The zero-order valence-electron chi connectivity index (χ0n) is 27.4. The van der Waals surface area contributed by atoms with Gasteiger partial charge in [-0.1, -0.05) is 170 Å². The fraction of sp³-hybridized carbons (Fsp3) is 0. The van der Waals surface area contributed by atoms with Crippen LogP contribution in [-0.2, 0) is 0 Å². The average Bonchev–Trinajstić information content (AvgIpc) is 3.19. The SMILES string of the molecule is c1ccc(C2=C(c3cnc4c(ccc5cccnc54)c3)C(=C(c3ccccc3)c3ccccc3)C2=C(c2ccccc2)c2ccccc2)cc1. The van der Waals surface area contributed by atoms with Crippen LogP contribution in [0.2, 0.25) is 0 Å². The fourth-order valence-corrected chi connectivity index (χ4v) is 7.32. The molecular weight excluding hydrogens is 605 g/mol. The minimum absolute atomic E-state index is 0.912. The summed E-state index contributed by atoms with van der Waals surface area (Å²) < 4.78 is 0. The lowest BCUT2D eigenvalue weighted by Gasteiger charge is -2.37. The molecule has 0 atom stereocenters. The van der Waals surface area contributed by atoms with E-state index in [1.54, 1.807) is 0 Å². The molecule has 0 N–H and O–H groups in total. The first-order valence-corrected chi connectivity index (χ1v) is 17.0. The molecule has 2 heterocycles. The Morgan fingerprint density at radius 3 is 1.26 bits per heavy atom. The first-order valence-electron chi connectivity index (χ1n) is 17.0. The smallest absolute Gasteiger partial charge is 0.0964 e. The summed E-state index contributed by atoms with van der Waals surface area (Å²) >= 11 is 0. The number of hydrogen-bond donors (Lipinski definition) is 0. The van der Waals surface area contributed by atoms with Crippen molar-refractivity contribution >= 4 is 44.1 Å². The van der Waals surface area contributed by atoms with E-state index in [1.165, 1.54) is 61.3 Å². The molecule has 0 saturated carbocycles. The van der Waals surface area contributed by atoms with Gasteiger partial charge in [-0.2, -0.15) is 0 Å². The normalized spacial score (nSPS) is 12.6. The second kappa shape index (κ2) is 12.8. The molecular formula is C48H32N2. The van der Waals surface area contributed by atoms with Crippen molar-refractivity contribution in [3.05, 3.63) is 239 Å². The molecule has 0 aliphatic heterocycles. The van der Waals surface area contributed by atoms with Gasteiger partial charge in [0.25, 0.3) is 0 Å². The van der Waals surface area contributed by atoms with Gasteiger partial charge in [0.15, 0.2) is 0 Å². The zero-order chi connectivity index (χ0) is 33.3. The van der Waals surface area contributed by atoms with E-state index in [1.807, 2.05) is 18.5 Å². The van der Waals surface area contributed by atoms with Crippen LogP contribution in [0.4, 0.5) is 0 Å². The van der Waals surface area contributed by atoms with Gasteiger partial charge in [0.2, 0.25) is 0 Å². The molecule has 50 heavy (non-hydrogen) atoms. The molecule has 0 bridgehead atoms. The van der Waals surface area contributed by atoms with Crippen LogP contribution in [0.1, 0.15) is 33.4 Å². The van der Waals surface area contributed by atoms with Gasteiger partial charge in [-0.3, -0.25) is 9.97 Å². The van der Waals surface area contributed by atoms with Crippen LogP contribution >= 0.6 is 0 Å². The number of pyridine rings is 2. The van der Waals surface area contributed by atoms with Gasteiger partial charge in [0, 0.05) is 34.3 Å². The first kappa shape index (κ1) is 29.5. The predicted molar refractivity (Wildman–Crippen MR) is 208 cm³/mol. The van der Waals surface area contributed by atoms with Gasteiger partial charge < -0.3 is 0 Å². The van der Waals surface area contributed by atoms with Gasteiger partial charge in [-0.25, -0.2) is 0 Å². The molecule has 1 aliphatic carbocycles. The first-order chi connectivity index (χ1) is 24.8. The number of benzene rings is 6. The van der Waals surface area contributed by atoms with Crippen molar-refractivity contribution in [1.29, 1.82) is 0 Å². The molecule has 1 aliphatic rings. The Hall–Kier alpha value is -6.64. The minimum Gasteiger partial charge on any atom is -0.254 e. The quantitative estimate of drug-likeness (QED) is 0.170. The Morgan fingerprint density at radius 1 is 0.340 bits per heavy atom. The van der Waals surface area contributed by atoms with Crippen LogP contribution in [0.15, 0.2) is 206 Å². The molecule has 9 rings (SSSR count). The van der Waals surface area contributed by atoms with Crippen molar-refractivity contribution in [2.45, 2.75) is 0 Å². The summed E-state index contributed by atoms with van der Waals surface area (Å²) in [6.07, 6.45) is 3.89. The Morgan fingerprint density at radius 2 is 0.760 bits per heavy atom. The molecule has 2 heteroatoms. The van der Waals surface area contributed by atoms with Crippen molar-refractivity contribution in [3.8, 4) is 0 Å². The lowest BCUT2D eigenvalue weighted by Crippen LogP contribution is -2.17. The monoisotopic (exact) mass is 636 g/mol. The summed E-state index contributed by atoms with van der Waals surface area (Å²) in [5.74, 6) is 0. The number of rotatable bonds is 6. The van der Waals surface area contributed by atoms with Crippen molar-refractivity contribution < 1.29 is 0 Å². The van der Waals surface area contributed by atoms with Crippen LogP contribution in [0.25, 0.3) is 44.1 Å². The molecule has 6 aromatic carbocycles. The van der Waals surface area contributed by atoms with Crippen LogP contribution in [0.3, 0.4) is 0 Å². The van der Waals surface area contributed by atoms with E-state index in [0.29, 0.717) is 0 Å². The summed E-state index contributed by atoms with van der Waals surface area (Å²) in [6.45, 7) is 0. The third-order valence-electron chi connectivity index (χ3n) is 9.52. The predicted octanol–water partition coefficient (Wildman–Crippen LogP) is 11.7. The Kier molecular flexibility index (Phi) is 7.53. The highest BCUT2D eigenvalue weighted by atomic mass is 14.7. The minimum atomic E-state index is 0.912. The van der Waals surface area contributed by atoms with Gasteiger partial charge in [0.05, 0.1) is 11.0 Å². The van der Waals surface area contributed by atoms with Crippen LogP contribution in [0, 0.1) is 0 Å². The number of aromatic nitrogens is 2. The highest BCUT2D eigenvalue weighted by Gasteiger charge is 2.38. The van der Waals surface area contributed by atoms with E-state index >= 15 is 0 Å². The zero-order valence-corrected chi connectivity index (χ0v) is 27.4. The van der Waals surface area contributed by atoms with Gasteiger partial charge in [0.1, 0.15) is 0 Å². The van der Waals surface area contributed by atoms with Crippen LogP contribution in [-0.4, -0.2) is 9.97 Å². The Bertz CT molecular complexity index is 2500. The fourth-order valence-electron chi connectivity index (χ4n) is 7.32. The van der Waals surface area contributed by atoms with E-state index in [9.17, 15) is 0 Å². The second-order valence-corrected chi connectivity index (χ2v) is 12.5. The number of hydrogen-bond acceptors (Lipinski definition) is 2. The molecule has 2 nitrogen and oxygen atoms in total. The molecule has 8 aromatic rings. The van der Waals surface area contributed by atoms with Crippen molar-refractivity contribution in [2.24, 2.45) is 0 Å². The summed E-state index contributed by atoms with van der Waals surface area (Å²) in [6, 6.07) is 64.8. The largest absolute Gasteiger partial charge is 0.254 e. The highest BCUT2D eigenvalue weighted by molar-refractivity contribution is 6.27. The average molecular weight is 637 g/mol. The van der Waals surface area contributed by atoms with Crippen LogP contribution < -0.4 is 0 Å². The molecule has 0 fully saturated rings. The van der Waals surface area contributed by atoms with Crippen molar-refractivity contribution in [3.63, 3.8) is 0 Å². The summed E-state index contributed by atoms with van der Waals surface area (Å²) in [7, 11) is 0. The van der Waals surface area contributed by atoms with Crippen molar-refractivity contribution in [2.75, 3.05) is 0 Å². The second-order valence-electron chi connectivity index (χ2n) is 12.5. The van der Waals surface area contributed by atoms with E-state index in [0.717, 1.165) is 27.4 Å². The summed E-state index contributed by atoms with van der Waals surface area (Å²) in [4.78, 5) is 9.84. The Balaban J connectivity index is 1.47. The van der Waals surface area contributed by atoms with Crippen LogP contribution in [0.5, 0.6) is 0 Å². The maximum atomic E-state index is 5.13. The molecule has 0 saturated heterocycles. The molecule has 0 amide bonds. The maximum absolute atomic E-state index is 5.13. The van der Waals surface area contributed by atoms with Gasteiger partial charge >= 0.3 is 0 Å². The molecule has 234 valence electrons. The third-order valence-corrected chi connectivity index (χ3v) is 9.52. The lowest BCUT2D eigenvalue weighted by molar-refractivity contribution is 1.34. The standard InChI is InChI=1S/C48H32N2/c1-6-17-33(18-7-1)41(34-19-8-2-9-20-34)45-43(37-25-14-5-15-26-37)44(40-31-39-29-28-38-27-16-30-49-47(38)48(39)50-32-40)46(45)42(35-21-10-3-11-22-35)36-23-12-4-13-24-36/h1-32H. The molecule has 0 spiro atoms. The summed E-state index contributed by atoms with van der Waals surface area (Å²) in [5, 5.41) is 2.15. The number of allylic oxidation sites excluding steroid dienone is 4. The number of nitrogens with zero attached hydrogens (tertiary/aromatic N) is 2. The molecule has 0 radical (unpaired) electrons. The van der Waals surface area contributed by atoms with Gasteiger partial charge in [-0.15, -0.1) is 0 Å². The molecule has 2 aromatic heterocycles.